The average molecular weight is 309 g/mol. The third kappa shape index (κ3) is 5.08. The lowest BCUT2D eigenvalue weighted by atomic mass is 10.1. The van der Waals surface area contributed by atoms with Gasteiger partial charge in [-0.1, -0.05) is 13.8 Å². The van der Waals surface area contributed by atoms with E-state index in [4.69, 9.17) is 5.26 Å². The second kappa shape index (κ2) is 7.90. The van der Waals surface area contributed by atoms with E-state index in [1.54, 1.807) is 30.3 Å². The van der Waals surface area contributed by atoms with Crippen molar-refractivity contribution in [2.24, 2.45) is 5.92 Å². The Kier molecular flexibility index (Phi) is 5.64. The minimum atomic E-state index is -0.212. The largest absolute Gasteiger partial charge is 0.351 e. The second-order valence-electron chi connectivity index (χ2n) is 5.54. The quantitative estimate of drug-likeness (QED) is 0.856. The van der Waals surface area contributed by atoms with Crippen LogP contribution in [0.15, 0.2) is 36.7 Å². The lowest BCUT2D eigenvalue weighted by Gasteiger charge is -2.08. The van der Waals surface area contributed by atoms with Gasteiger partial charge < -0.3 is 10.6 Å². The van der Waals surface area contributed by atoms with Gasteiger partial charge in [0.2, 0.25) is 0 Å². The van der Waals surface area contributed by atoms with E-state index in [-0.39, 0.29) is 5.91 Å². The summed E-state index contributed by atoms with van der Waals surface area (Å²) in [6, 6.07) is 10.6. The number of hydrogen-bond donors (Lipinski definition) is 2. The number of benzene rings is 1. The zero-order valence-electron chi connectivity index (χ0n) is 13.2. The zero-order valence-corrected chi connectivity index (χ0v) is 13.2. The Hall–Kier alpha value is -2.94. The van der Waals surface area contributed by atoms with E-state index < -0.39 is 0 Å². The molecule has 0 bridgehead atoms. The molecule has 0 unspecified atom stereocenters. The van der Waals surface area contributed by atoms with E-state index in [1.165, 1.54) is 6.33 Å². The van der Waals surface area contributed by atoms with Gasteiger partial charge in [0.05, 0.1) is 11.6 Å². The molecular weight excluding hydrogens is 290 g/mol. The molecule has 0 fully saturated rings. The molecule has 0 aliphatic carbocycles. The molecule has 118 valence electrons. The van der Waals surface area contributed by atoms with Gasteiger partial charge in [0.25, 0.3) is 5.91 Å². The molecule has 1 aromatic heterocycles. The monoisotopic (exact) mass is 309 g/mol. The highest BCUT2D eigenvalue weighted by Crippen LogP contribution is 2.15. The molecule has 23 heavy (non-hydrogen) atoms. The number of nitriles is 1. The smallest absolute Gasteiger partial charge is 0.270 e. The summed E-state index contributed by atoms with van der Waals surface area (Å²) < 4.78 is 0. The normalized spacial score (nSPS) is 10.2. The molecule has 0 spiro atoms. The molecule has 6 nitrogen and oxygen atoms in total. The van der Waals surface area contributed by atoms with Crippen LogP contribution < -0.4 is 10.6 Å². The van der Waals surface area contributed by atoms with E-state index in [1.807, 2.05) is 0 Å². The zero-order chi connectivity index (χ0) is 16.7. The van der Waals surface area contributed by atoms with Gasteiger partial charge in [0.15, 0.2) is 0 Å². The molecule has 0 atom stereocenters. The summed E-state index contributed by atoms with van der Waals surface area (Å²) in [7, 11) is 0. The van der Waals surface area contributed by atoms with E-state index in [2.05, 4.69) is 40.5 Å². The van der Waals surface area contributed by atoms with Gasteiger partial charge in [-0.2, -0.15) is 5.26 Å². The molecule has 0 aliphatic rings. The van der Waals surface area contributed by atoms with Crippen LogP contribution in [-0.4, -0.2) is 22.4 Å². The molecule has 6 heteroatoms. The summed E-state index contributed by atoms with van der Waals surface area (Å²) in [5.74, 6) is 0.851. The van der Waals surface area contributed by atoms with Crippen LogP contribution in [0.2, 0.25) is 0 Å². The van der Waals surface area contributed by atoms with E-state index >= 15 is 0 Å². The van der Waals surface area contributed by atoms with Crippen LogP contribution in [0, 0.1) is 17.2 Å². The molecule has 1 amide bonds. The Morgan fingerprint density at radius 2 is 2.00 bits per heavy atom. The standard InChI is InChI=1S/C17H19N5O/c1-12(2)7-8-19-17(23)15-9-16(21-11-20-15)22-14-5-3-13(10-18)4-6-14/h3-6,9,11-12H,7-8H2,1-2H3,(H,19,23)(H,20,21,22). The van der Waals surface area contributed by atoms with Crippen molar-refractivity contribution >= 4 is 17.4 Å². The summed E-state index contributed by atoms with van der Waals surface area (Å²) in [4.78, 5) is 20.1. The van der Waals surface area contributed by atoms with Gasteiger partial charge >= 0.3 is 0 Å². The van der Waals surface area contributed by atoms with Gasteiger partial charge in [-0.15, -0.1) is 0 Å². The molecule has 2 aromatic rings. The number of rotatable bonds is 6. The lowest BCUT2D eigenvalue weighted by molar-refractivity contribution is 0.0947. The highest BCUT2D eigenvalue weighted by molar-refractivity contribution is 5.92. The highest BCUT2D eigenvalue weighted by Gasteiger charge is 2.08. The van der Waals surface area contributed by atoms with Crippen LogP contribution in [0.3, 0.4) is 0 Å². The number of nitrogens with zero attached hydrogens (tertiary/aromatic N) is 3. The van der Waals surface area contributed by atoms with Gasteiger partial charge in [-0.25, -0.2) is 9.97 Å². The van der Waals surface area contributed by atoms with Crippen LogP contribution in [0.1, 0.15) is 36.3 Å². The molecule has 0 radical (unpaired) electrons. The maximum atomic E-state index is 12.0. The fraction of sp³-hybridized carbons (Fsp3) is 0.294. The second-order valence-corrected chi connectivity index (χ2v) is 5.54. The maximum absolute atomic E-state index is 12.0. The fourth-order valence-electron chi connectivity index (χ4n) is 1.89. The number of carbonyl (C=O) groups is 1. The third-order valence-electron chi connectivity index (χ3n) is 3.19. The summed E-state index contributed by atoms with van der Waals surface area (Å²) in [5.41, 5.74) is 1.69. The van der Waals surface area contributed by atoms with Crippen LogP contribution in [-0.2, 0) is 0 Å². The highest BCUT2D eigenvalue weighted by atomic mass is 16.1. The van der Waals surface area contributed by atoms with Crippen LogP contribution >= 0.6 is 0 Å². The number of anilines is 2. The number of amides is 1. The molecule has 0 aliphatic heterocycles. The third-order valence-corrected chi connectivity index (χ3v) is 3.19. The first kappa shape index (κ1) is 16.4. The minimum absolute atomic E-state index is 0.212. The molecular formula is C17H19N5O. The van der Waals surface area contributed by atoms with Crippen molar-refractivity contribution in [2.45, 2.75) is 20.3 Å². The average Bonchev–Trinajstić information content (AvgIpc) is 2.55. The molecule has 1 aromatic carbocycles. The summed E-state index contributed by atoms with van der Waals surface area (Å²) in [6.45, 7) is 4.84. The number of carbonyl (C=O) groups excluding carboxylic acids is 1. The Morgan fingerprint density at radius 3 is 2.65 bits per heavy atom. The Bertz CT molecular complexity index is 704. The van der Waals surface area contributed by atoms with Gasteiger partial charge in [-0.05, 0) is 36.6 Å². The first-order chi connectivity index (χ1) is 11.1. The van der Waals surface area contributed by atoms with Crippen molar-refractivity contribution in [2.75, 3.05) is 11.9 Å². The summed E-state index contributed by atoms with van der Waals surface area (Å²) in [5, 5.41) is 14.7. The fourth-order valence-corrected chi connectivity index (χ4v) is 1.89. The van der Waals surface area contributed by atoms with Crippen molar-refractivity contribution < 1.29 is 4.79 Å². The molecule has 2 N–H and O–H groups in total. The van der Waals surface area contributed by atoms with Crippen molar-refractivity contribution in [1.82, 2.24) is 15.3 Å². The van der Waals surface area contributed by atoms with Crippen molar-refractivity contribution in [3.05, 3.63) is 47.9 Å². The predicted octanol–water partition coefficient (Wildman–Crippen LogP) is 2.87. The predicted molar refractivity (Wildman–Crippen MR) is 88.3 cm³/mol. The molecule has 1 heterocycles. The van der Waals surface area contributed by atoms with E-state index in [9.17, 15) is 4.79 Å². The van der Waals surface area contributed by atoms with E-state index in [0.29, 0.717) is 29.5 Å². The summed E-state index contributed by atoms with van der Waals surface area (Å²) in [6.07, 6.45) is 2.27. The van der Waals surface area contributed by atoms with Gasteiger partial charge in [0.1, 0.15) is 17.8 Å². The number of nitrogens with one attached hydrogen (secondary N) is 2. The Labute approximate surface area is 135 Å². The molecule has 2 rings (SSSR count). The molecule has 0 saturated heterocycles. The SMILES string of the molecule is CC(C)CCNC(=O)c1cc(Nc2ccc(C#N)cc2)ncn1. The lowest BCUT2D eigenvalue weighted by Crippen LogP contribution is -2.26. The van der Waals surface area contributed by atoms with Gasteiger partial charge in [-0.3, -0.25) is 4.79 Å². The van der Waals surface area contributed by atoms with E-state index in [0.717, 1.165) is 12.1 Å². The van der Waals surface area contributed by atoms with Crippen molar-refractivity contribution in [3.63, 3.8) is 0 Å². The Balaban J connectivity index is 2.01. The topological polar surface area (TPSA) is 90.7 Å². The van der Waals surface area contributed by atoms with Crippen molar-refractivity contribution in [3.8, 4) is 6.07 Å². The number of hydrogen-bond acceptors (Lipinski definition) is 5. The minimum Gasteiger partial charge on any atom is -0.351 e. The maximum Gasteiger partial charge on any atom is 0.270 e. The molecule has 0 saturated carbocycles. The first-order valence-electron chi connectivity index (χ1n) is 7.46. The van der Waals surface area contributed by atoms with Crippen LogP contribution in [0.5, 0.6) is 0 Å². The number of aromatic nitrogens is 2. The summed E-state index contributed by atoms with van der Waals surface area (Å²) >= 11 is 0. The first-order valence-corrected chi connectivity index (χ1v) is 7.46. The Morgan fingerprint density at radius 1 is 1.26 bits per heavy atom. The van der Waals surface area contributed by atoms with Crippen LogP contribution in [0.4, 0.5) is 11.5 Å². The van der Waals surface area contributed by atoms with Gasteiger partial charge in [0, 0.05) is 18.3 Å². The van der Waals surface area contributed by atoms with Crippen LogP contribution in [0.25, 0.3) is 0 Å². The van der Waals surface area contributed by atoms with Crippen molar-refractivity contribution in [1.29, 1.82) is 5.26 Å².